The topological polar surface area (TPSA) is 45.2 Å². The normalized spacial score (nSPS) is 10.6. The van der Waals surface area contributed by atoms with Crippen LogP contribution in [-0.4, -0.2) is 29.9 Å². The largest absolute Gasteiger partial charge is 0.320 e. The minimum absolute atomic E-state index is 0.181. The molecule has 4 nitrogen and oxygen atoms in total. The summed E-state index contributed by atoms with van der Waals surface area (Å²) >= 11 is 0. The van der Waals surface area contributed by atoms with E-state index in [1.54, 1.807) is 6.07 Å². The summed E-state index contributed by atoms with van der Waals surface area (Å²) in [6.07, 6.45) is 0. The van der Waals surface area contributed by atoms with Gasteiger partial charge in [-0.3, -0.25) is 4.79 Å². The number of amides is 1. The molecule has 4 heteroatoms. The average molecular weight is 269 g/mol. The monoisotopic (exact) mass is 269 g/mol. The summed E-state index contributed by atoms with van der Waals surface area (Å²) in [5, 5.41) is 2.93. The van der Waals surface area contributed by atoms with Crippen molar-refractivity contribution in [2.24, 2.45) is 0 Å². The van der Waals surface area contributed by atoms with Crippen molar-refractivity contribution in [3.8, 4) is 0 Å². The van der Waals surface area contributed by atoms with E-state index in [-0.39, 0.29) is 5.91 Å². The van der Waals surface area contributed by atoms with Crippen LogP contribution in [0.2, 0.25) is 0 Å². The van der Waals surface area contributed by atoms with Crippen molar-refractivity contribution in [2.75, 3.05) is 19.4 Å². The predicted octanol–water partition coefficient (Wildman–Crippen LogP) is 2.70. The van der Waals surface area contributed by atoms with Crippen molar-refractivity contribution in [3.05, 3.63) is 59.4 Å². The minimum Gasteiger partial charge on any atom is -0.320 e. The average Bonchev–Trinajstić information content (AvgIpc) is 2.40. The highest BCUT2D eigenvalue weighted by Gasteiger charge is 2.10. The van der Waals surface area contributed by atoms with E-state index in [9.17, 15) is 4.79 Å². The molecule has 0 saturated carbocycles. The van der Waals surface area contributed by atoms with Crippen molar-refractivity contribution in [1.82, 2.24) is 9.88 Å². The van der Waals surface area contributed by atoms with Gasteiger partial charge in [0.2, 0.25) is 0 Å². The van der Waals surface area contributed by atoms with Gasteiger partial charge >= 0.3 is 0 Å². The predicted molar refractivity (Wildman–Crippen MR) is 80.8 cm³/mol. The third kappa shape index (κ3) is 3.65. The van der Waals surface area contributed by atoms with E-state index >= 15 is 0 Å². The number of carbonyl (C=O) groups excluding carboxylic acids is 1. The van der Waals surface area contributed by atoms with E-state index in [0.717, 1.165) is 23.5 Å². The highest BCUT2D eigenvalue weighted by molar-refractivity contribution is 6.03. The Kier molecular flexibility index (Phi) is 4.48. The van der Waals surface area contributed by atoms with Crippen LogP contribution in [0.3, 0.4) is 0 Å². The van der Waals surface area contributed by atoms with Gasteiger partial charge in [-0.05, 0) is 44.8 Å². The van der Waals surface area contributed by atoms with E-state index in [1.165, 1.54) is 0 Å². The van der Waals surface area contributed by atoms with E-state index in [4.69, 9.17) is 0 Å². The first kappa shape index (κ1) is 14.2. The van der Waals surface area contributed by atoms with Crippen molar-refractivity contribution in [1.29, 1.82) is 0 Å². The zero-order chi connectivity index (χ0) is 14.5. The second kappa shape index (κ2) is 6.30. The fourth-order valence-corrected chi connectivity index (χ4v) is 1.98. The minimum atomic E-state index is -0.181. The van der Waals surface area contributed by atoms with Crippen molar-refractivity contribution in [3.63, 3.8) is 0 Å². The molecule has 0 radical (unpaired) electrons. The zero-order valence-corrected chi connectivity index (χ0v) is 12.1. The molecule has 104 valence electrons. The number of aromatic nitrogens is 1. The molecular formula is C16H19N3O. The Morgan fingerprint density at radius 3 is 2.60 bits per heavy atom. The lowest BCUT2D eigenvalue weighted by Gasteiger charge is -2.14. The summed E-state index contributed by atoms with van der Waals surface area (Å²) in [6, 6.07) is 13.2. The first-order valence-corrected chi connectivity index (χ1v) is 6.54. The Morgan fingerprint density at radius 1 is 1.15 bits per heavy atom. The summed E-state index contributed by atoms with van der Waals surface area (Å²) in [6.45, 7) is 2.65. The molecule has 1 heterocycles. The number of nitrogens with zero attached hydrogens (tertiary/aromatic N) is 2. The Bertz CT molecular complexity index is 608. The fourth-order valence-electron chi connectivity index (χ4n) is 1.98. The Morgan fingerprint density at radius 2 is 1.90 bits per heavy atom. The van der Waals surface area contributed by atoms with Crippen LogP contribution >= 0.6 is 0 Å². The van der Waals surface area contributed by atoms with Gasteiger partial charge in [-0.25, -0.2) is 4.98 Å². The number of hydrogen-bond donors (Lipinski definition) is 1. The maximum absolute atomic E-state index is 12.2. The second-order valence-electron chi connectivity index (χ2n) is 5.01. The summed E-state index contributed by atoms with van der Waals surface area (Å²) in [4.78, 5) is 18.5. The van der Waals surface area contributed by atoms with Crippen LogP contribution in [0.4, 0.5) is 5.69 Å². The van der Waals surface area contributed by atoms with E-state index in [0.29, 0.717) is 5.69 Å². The molecule has 1 N–H and O–H groups in total. The number of carbonyl (C=O) groups is 1. The quantitative estimate of drug-likeness (QED) is 0.928. The highest BCUT2D eigenvalue weighted by atomic mass is 16.1. The van der Waals surface area contributed by atoms with Crippen molar-refractivity contribution in [2.45, 2.75) is 13.5 Å². The Hall–Kier alpha value is -2.20. The third-order valence-electron chi connectivity index (χ3n) is 2.87. The summed E-state index contributed by atoms with van der Waals surface area (Å²) < 4.78 is 0. The molecule has 0 aliphatic rings. The van der Waals surface area contributed by atoms with Crippen LogP contribution in [0.1, 0.15) is 21.7 Å². The Balaban J connectivity index is 2.19. The lowest BCUT2D eigenvalue weighted by atomic mass is 10.1. The summed E-state index contributed by atoms with van der Waals surface area (Å²) in [5.74, 6) is -0.181. The molecule has 2 rings (SSSR count). The standard InChI is InChI=1S/C16H19N3O/c1-12-7-6-10-15(17-12)16(20)18-14-9-5-4-8-13(14)11-19(2)3/h4-10H,11H2,1-3H3,(H,18,20). The van der Waals surface area contributed by atoms with Crippen molar-refractivity contribution >= 4 is 11.6 Å². The highest BCUT2D eigenvalue weighted by Crippen LogP contribution is 2.17. The van der Waals surface area contributed by atoms with Crippen LogP contribution in [0, 0.1) is 6.92 Å². The lowest BCUT2D eigenvalue weighted by Crippen LogP contribution is -2.17. The molecule has 0 aliphatic heterocycles. The maximum Gasteiger partial charge on any atom is 0.274 e. The zero-order valence-electron chi connectivity index (χ0n) is 12.1. The maximum atomic E-state index is 12.2. The van der Waals surface area contributed by atoms with E-state index in [2.05, 4.69) is 15.2 Å². The van der Waals surface area contributed by atoms with Crippen molar-refractivity contribution < 1.29 is 4.79 Å². The second-order valence-corrected chi connectivity index (χ2v) is 5.01. The molecule has 20 heavy (non-hydrogen) atoms. The molecule has 0 unspecified atom stereocenters. The fraction of sp³-hybridized carbons (Fsp3) is 0.250. The number of rotatable bonds is 4. The first-order chi connectivity index (χ1) is 9.56. The molecule has 0 aliphatic carbocycles. The number of para-hydroxylation sites is 1. The molecule has 0 fully saturated rings. The van der Waals surface area contributed by atoms with Crippen LogP contribution in [0.5, 0.6) is 0 Å². The number of pyridine rings is 1. The van der Waals surface area contributed by atoms with E-state index in [1.807, 2.05) is 57.4 Å². The van der Waals surface area contributed by atoms with Gasteiger partial charge in [0.1, 0.15) is 5.69 Å². The van der Waals surface area contributed by atoms with Gasteiger partial charge in [0, 0.05) is 17.9 Å². The van der Waals surface area contributed by atoms with Gasteiger partial charge in [0.15, 0.2) is 0 Å². The number of aryl methyl sites for hydroxylation is 1. The van der Waals surface area contributed by atoms with Crippen LogP contribution < -0.4 is 5.32 Å². The molecule has 0 atom stereocenters. The van der Waals surface area contributed by atoms with Crippen LogP contribution in [-0.2, 0) is 6.54 Å². The molecule has 0 saturated heterocycles. The summed E-state index contributed by atoms with van der Waals surface area (Å²) in [7, 11) is 4.00. The van der Waals surface area contributed by atoms with Gasteiger partial charge in [-0.15, -0.1) is 0 Å². The van der Waals surface area contributed by atoms with Gasteiger partial charge in [-0.1, -0.05) is 24.3 Å². The number of hydrogen-bond acceptors (Lipinski definition) is 3. The first-order valence-electron chi connectivity index (χ1n) is 6.54. The third-order valence-corrected chi connectivity index (χ3v) is 2.87. The molecule has 0 spiro atoms. The number of nitrogens with one attached hydrogen (secondary N) is 1. The molecular weight excluding hydrogens is 250 g/mol. The SMILES string of the molecule is Cc1cccc(C(=O)Nc2ccccc2CN(C)C)n1. The Labute approximate surface area is 119 Å². The lowest BCUT2D eigenvalue weighted by molar-refractivity contribution is 0.102. The molecule has 1 aromatic carbocycles. The van der Waals surface area contributed by atoms with Gasteiger partial charge in [-0.2, -0.15) is 0 Å². The van der Waals surface area contributed by atoms with Gasteiger partial charge < -0.3 is 10.2 Å². The molecule has 1 amide bonds. The summed E-state index contributed by atoms with van der Waals surface area (Å²) in [5.41, 5.74) is 3.18. The molecule has 0 bridgehead atoms. The molecule has 2 aromatic rings. The number of anilines is 1. The van der Waals surface area contributed by atoms with Gasteiger partial charge in [0.05, 0.1) is 0 Å². The van der Waals surface area contributed by atoms with Crippen LogP contribution in [0.25, 0.3) is 0 Å². The molecule has 1 aromatic heterocycles. The van der Waals surface area contributed by atoms with E-state index < -0.39 is 0 Å². The number of benzene rings is 1. The van der Waals surface area contributed by atoms with Crippen LogP contribution in [0.15, 0.2) is 42.5 Å². The van der Waals surface area contributed by atoms with Gasteiger partial charge in [0.25, 0.3) is 5.91 Å². The smallest absolute Gasteiger partial charge is 0.274 e.